The Balaban J connectivity index is 1.72. The number of likely N-dealkylation sites (N-methyl/N-ethyl adjacent to an activating group) is 1. The number of phenols is 1. The van der Waals surface area contributed by atoms with Gasteiger partial charge in [0.15, 0.2) is 23.0 Å². The number of fused-ring (bicyclic) bond motifs is 6. The third-order valence-corrected chi connectivity index (χ3v) is 9.03. The normalized spacial score (nSPS) is 27.8. The molecule has 0 radical (unpaired) electrons. The molecule has 1 fully saturated rings. The fraction of sp³-hybridized carbons (Fsp3) is 0.500. The number of aryl methyl sites for hydroxylation is 1. The molecule has 2 bridgehead atoms. The molecule has 1 aliphatic carbocycles. The highest BCUT2D eigenvalue weighted by Gasteiger charge is 2.58. The first-order valence-corrected chi connectivity index (χ1v) is 13.8. The molecule has 3 N–H and O–H groups in total. The predicted molar refractivity (Wildman–Crippen MR) is 149 cm³/mol. The zero-order valence-corrected chi connectivity index (χ0v) is 24.7. The summed E-state index contributed by atoms with van der Waals surface area (Å²) >= 11 is 0. The van der Waals surface area contributed by atoms with Crippen LogP contribution in [0.4, 0.5) is 0 Å². The number of nitriles is 1. The van der Waals surface area contributed by atoms with Crippen LogP contribution in [0.1, 0.15) is 49.9 Å². The first-order chi connectivity index (χ1) is 19.9. The molecular weight excluding hydrogens is 542 g/mol. The standard InChI is InChI=1S/C30H35N5O7/c1-12-8-16-9-18-20(11-31)35-19(23(34(18)5)21(16)25(38)27(12)41-6)10-17-22(26(39)28(42-7)13(2)24(17)37)29(35)33-30(40)14(3)32-15(4)36/h8,14,18-20,23,29,38H,9-10H2,1-7H3,(H,32,36)(H,33,40)/t14?,18?,19?,20-,23?,29?/m0/s1. The third kappa shape index (κ3) is 4.18. The van der Waals surface area contributed by atoms with Crippen LogP contribution in [0.25, 0.3) is 0 Å². The van der Waals surface area contributed by atoms with Gasteiger partial charge in [-0.2, -0.15) is 5.26 Å². The van der Waals surface area contributed by atoms with E-state index in [0.717, 1.165) is 11.1 Å². The number of nitrogens with zero attached hydrogens (tertiary/aromatic N) is 3. The van der Waals surface area contributed by atoms with Crippen LogP contribution in [0.15, 0.2) is 28.5 Å². The maximum absolute atomic E-state index is 13.8. The number of ketones is 2. The van der Waals surface area contributed by atoms with Crippen molar-refractivity contribution in [3.63, 3.8) is 0 Å². The molecule has 2 amide bonds. The Kier molecular flexibility index (Phi) is 7.37. The van der Waals surface area contributed by atoms with Crippen LogP contribution in [0.3, 0.4) is 0 Å². The lowest BCUT2D eigenvalue weighted by Crippen LogP contribution is -2.73. The number of allylic oxidation sites excluding steroid dienone is 2. The first-order valence-electron chi connectivity index (χ1n) is 13.8. The second kappa shape index (κ2) is 10.6. The number of hydrogen-bond acceptors (Lipinski definition) is 10. The Morgan fingerprint density at radius 2 is 1.83 bits per heavy atom. The topological polar surface area (TPSA) is 161 Å². The number of carbonyl (C=O) groups is 4. The summed E-state index contributed by atoms with van der Waals surface area (Å²) in [6, 6.07) is 1.15. The van der Waals surface area contributed by atoms with Crippen molar-refractivity contribution in [2.75, 3.05) is 21.3 Å². The number of phenolic OH excluding ortho intramolecular Hbond substituents is 1. The molecule has 6 atom stereocenters. The first kappa shape index (κ1) is 29.3. The maximum Gasteiger partial charge on any atom is 0.243 e. The molecule has 1 saturated heterocycles. The van der Waals surface area contributed by atoms with Gasteiger partial charge in [0.1, 0.15) is 18.2 Å². The van der Waals surface area contributed by atoms with Gasteiger partial charge in [-0.3, -0.25) is 29.0 Å². The van der Waals surface area contributed by atoms with Gasteiger partial charge in [0, 0.05) is 41.3 Å². The summed E-state index contributed by atoms with van der Waals surface area (Å²) in [5.74, 6) is -1.71. The van der Waals surface area contributed by atoms with Crippen LogP contribution < -0.4 is 15.4 Å². The molecule has 3 aliphatic heterocycles. The fourth-order valence-electron chi connectivity index (χ4n) is 7.24. The summed E-state index contributed by atoms with van der Waals surface area (Å²) in [5.41, 5.74) is 2.70. The van der Waals surface area contributed by atoms with Crippen LogP contribution >= 0.6 is 0 Å². The zero-order chi connectivity index (χ0) is 30.8. The van der Waals surface area contributed by atoms with E-state index >= 15 is 0 Å². The van der Waals surface area contributed by atoms with E-state index in [4.69, 9.17) is 9.47 Å². The molecule has 12 nitrogen and oxygen atoms in total. The average molecular weight is 578 g/mol. The van der Waals surface area contributed by atoms with Crippen molar-refractivity contribution < 1.29 is 33.8 Å². The molecule has 222 valence electrons. The largest absolute Gasteiger partial charge is 0.504 e. The Morgan fingerprint density at radius 1 is 1.14 bits per heavy atom. The number of Topliss-reactive ketones (excluding diaryl/α,β-unsaturated/α-hetero) is 2. The highest BCUT2D eigenvalue weighted by molar-refractivity contribution is 6.25. The Labute approximate surface area is 243 Å². The monoisotopic (exact) mass is 577 g/mol. The molecule has 0 aromatic heterocycles. The number of carbonyl (C=O) groups excluding carboxylic acids is 4. The lowest BCUT2D eigenvalue weighted by Gasteiger charge is -2.60. The number of hydrogen-bond donors (Lipinski definition) is 3. The Hall–Kier alpha value is -4.21. The van der Waals surface area contributed by atoms with E-state index in [1.807, 2.05) is 24.9 Å². The predicted octanol–water partition coefficient (Wildman–Crippen LogP) is 0.923. The minimum Gasteiger partial charge on any atom is -0.504 e. The van der Waals surface area contributed by atoms with E-state index in [1.165, 1.54) is 35.0 Å². The SMILES string of the molecule is COC1=C(C)C(=O)C2=C(C1=O)C(NC(=O)C(C)NC(C)=O)N1C(C2)C2c3c(cc(C)c(OC)c3O)CC([C@@H]1C#N)N2C. The summed E-state index contributed by atoms with van der Waals surface area (Å²) in [4.78, 5) is 56.5. The van der Waals surface area contributed by atoms with Gasteiger partial charge in [-0.05, 0) is 51.8 Å². The summed E-state index contributed by atoms with van der Waals surface area (Å²) in [7, 11) is 4.67. The van der Waals surface area contributed by atoms with Gasteiger partial charge in [-0.1, -0.05) is 6.07 Å². The van der Waals surface area contributed by atoms with Crippen LogP contribution in [0, 0.1) is 18.3 Å². The minimum atomic E-state index is -1.17. The molecule has 1 aromatic carbocycles. The quantitative estimate of drug-likeness (QED) is 0.429. The lowest BCUT2D eigenvalue weighted by atomic mass is 9.71. The molecule has 0 saturated carbocycles. The molecule has 42 heavy (non-hydrogen) atoms. The van der Waals surface area contributed by atoms with Crippen LogP contribution in [0.5, 0.6) is 11.5 Å². The smallest absolute Gasteiger partial charge is 0.243 e. The number of piperazine rings is 1. The molecule has 5 rings (SSSR count). The highest BCUT2D eigenvalue weighted by atomic mass is 16.5. The van der Waals surface area contributed by atoms with Gasteiger partial charge in [-0.25, -0.2) is 0 Å². The molecule has 3 heterocycles. The molecule has 1 aromatic rings. The third-order valence-electron chi connectivity index (χ3n) is 9.03. The van der Waals surface area contributed by atoms with Crippen molar-refractivity contribution in [2.45, 2.75) is 76.9 Å². The van der Waals surface area contributed by atoms with Gasteiger partial charge < -0.3 is 25.2 Å². The maximum atomic E-state index is 13.8. The number of methoxy groups -OCH3 is 2. The van der Waals surface area contributed by atoms with Gasteiger partial charge >= 0.3 is 0 Å². The van der Waals surface area contributed by atoms with Gasteiger partial charge in [0.05, 0.1) is 26.3 Å². The number of benzene rings is 1. The van der Waals surface area contributed by atoms with Crippen molar-refractivity contribution in [1.82, 2.24) is 20.4 Å². The Bertz CT molecular complexity index is 1520. The summed E-state index contributed by atoms with van der Waals surface area (Å²) in [6.45, 7) is 6.16. The zero-order valence-electron chi connectivity index (χ0n) is 24.7. The van der Waals surface area contributed by atoms with Crippen molar-refractivity contribution >= 4 is 23.4 Å². The van der Waals surface area contributed by atoms with Crippen molar-refractivity contribution in [1.29, 1.82) is 5.26 Å². The minimum absolute atomic E-state index is 0.0124. The molecular formula is C30H35N5O7. The van der Waals surface area contributed by atoms with Crippen molar-refractivity contribution in [3.8, 4) is 17.6 Å². The van der Waals surface area contributed by atoms with Crippen LogP contribution in [0.2, 0.25) is 0 Å². The van der Waals surface area contributed by atoms with E-state index in [0.29, 0.717) is 17.7 Å². The Morgan fingerprint density at radius 3 is 2.43 bits per heavy atom. The van der Waals surface area contributed by atoms with E-state index in [1.54, 1.807) is 4.90 Å². The number of nitrogens with one attached hydrogen (secondary N) is 2. The summed E-state index contributed by atoms with van der Waals surface area (Å²) in [6.07, 6.45) is -0.653. The van der Waals surface area contributed by atoms with Gasteiger partial charge in [-0.15, -0.1) is 0 Å². The number of aromatic hydroxyl groups is 1. The number of rotatable bonds is 5. The van der Waals surface area contributed by atoms with E-state index < -0.39 is 47.9 Å². The second-order valence-electron chi connectivity index (χ2n) is 11.4. The van der Waals surface area contributed by atoms with E-state index in [2.05, 4.69) is 16.7 Å². The lowest BCUT2D eigenvalue weighted by molar-refractivity contribution is -0.132. The molecule has 0 spiro atoms. The summed E-state index contributed by atoms with van der Waals surface area (Å²) < 4.78 is 10.9. The molecule has 12 heteroatoms. The van der Waals surface area contributed by atoms with Crippen molar-refractivity contribution in [3.05, 3.63) is 45.2 Å². The summed E-state index contributed by atoms with van der Waals surface area (Å²) in [5, 5.41) is 27.5. The molecule has 4 aliphatic rings. The van der Waals surface area contributed by atoms with Gasteiger partial charge in [0.25, 0.3) is 0 Å². The molecule has 5 unspecified atom stereocenters. The highest BCUT2D eigenvalue weighted by Crippen LogP contribution is 2.53. The number of amides is 2. The van der Waals surface area contributed by atoms with Crippen LogP contribution in [-0.2, 0) is 30.3 Å². The van der Waals surface area contributed by atoms with Gasteiger partial charge in [0.2, 0.25) is 17.6 Å². The fourth-order valence-corrected chi connectivity index (χ4v) is 7.24. The second-order valence-corrected chi connectivity index (χ2v) is 11.4. The average Bonchev–Trinajstić information content (AvgIpc) is 2.92. The number of ether oxygens (including phenoxy) is 2. The van der Waals surface area contributed by atoms with Crippen LogP contribution in [-0.4, -0.2) is 89.9 Å². The van der Waals surface area contributed by atoms with Crippen molar-refractivity contribution in [2.24, 2.45) is 0 Å². The van der Waals surface area contributed by atoms with E-state index in [-0.39, 0.29) is 46.5 Å². The van der Waals surface area contributed by atoms with E-state index in [9.17, 15) is 29.5 Å².